The number of nitrogens with zero attached hydrogens (tertiary/aromatic N) is 1. The minimum absolute atomic E-state index is 0.394. The van der Waals surface area contributed by atoms with Crippen molar-refractivity contribution in [2.24, 2.45) is 16.8 Å². The molecule has 1 unspecified atom stereocenters. The van der Waals surface area contributed by atoms with Crippen LogP contribution >= 0.6 is 0 Å². The van der Waals surface area contributed by atoms with Crippen LogP contribution in [0.25, 0.3) is 0 Å². The maximum atomic E-state index is 5.56. The summed E-state index contributed by atoms with van der Waals surface area (Å²) in [6, 6.07) is 0.843. The molecule has 5 heteroatoms. The Balaban J connectivity index is 1.84. The molecule has 104 valence electrons. The first-order valence-electron chi connectivity index (χ1n) is 7.18. The zero-order chi connectivity index (χ0) is 12.8. The predicted octanol–water partition coefficient (Wildman–Crippen LogP) is 1.15. The van der Waals surface area contributed by atoms with E-state index in [1.807, 2.05) is 0 Å². The normalized spacial score (nSPS) is 25.1. The lowest BCUT2D eigenvalue weighted by molar-refractivity contribution is 0.0581. The van der Waals surface area contributed by atoms with Gasteiger partial charge in [0.2, 0.25) is 5.96 Å². The molecule has 2 aliphatic rings. The molecule has 0 radical (unpaired) electrons. The first-order chi connectivity index (χ1) is 8.79. The van der Waals surface area contributed by atoms with E-state index in [-0.39, 0.29) is 0 Å². The van der Waals surface area contributed by atoms with Crippen LogP contribution in [0, 0.1) is 5.92 Å². The predicted molar refractivity (Wildman–Crippen MR) is 73.2 cm³/mol. The molecule has 1 saturated carbocycles. The summed E-state index contributed by atoms with van der Waals surface area (Å²) in [6.45, 7) is 3.96. The minimum atomic E-state index is 0.394. The van der Waals surface area contributed by atoms with E-state index in [0.29, 0.717) is 18.0 Å². The van der Waals surface area contributed by atoms with E-state index in [4.69, 9.17) is 10.6 Å². The lowest BCUT2D eigenvalue weighted by Crippen LogP contribution is -2.49. The smallest absolute Gasteiger partial charge is 0.206 e. The van der Waals surface area contributed by atoms with Crippen LogP contribution in [-0.4, -0.2) is 31.3 Å². The first-order valence-corrected chi connectivity index (χ1v) is 7.18. The van der Waals surface area contributed by atoms with Gasteiger partial charge in [-0.15, -0.1) is 0 Å². The summed E-state index contributed by atoms with van der Waals surface area (Å²) in [5, 5.41) is 3.42. The molecular formula is C13H26N4O. The Morgan fingerprint density at radius 2 is 1.89 bits per heavy atom. The number of hydrogen-bond donors (Lipinski definition) is 3. The van der Waals surface area contributed by atoms with Crippen molar-refractivity contribution in [3.05, 3.63) is 0 Å². The number of hydrogen-bond acceptors (Lipinski definition) is 3. The van der Waals surface area contributed by atoms with Gasteiger partial charge in [-0.25, -0.2) is 10.8 Å². The maximum Gasteiger partial charge on any atom is 0.206 e. The molecule has 5 nitrogen and oxygen atoms in total. The van der Waals surface area contributed by atoms with Crippen molar-refractivity contribution in [2.75, 3.05) is 13.2 Å². The van der Waals surface area contributed by atoms with Gasteiger partial charge in [0, 0.05) is 19.3 Å². The second-order valence-electron chi connectivity index (χ2n) is 5.44. The highest BCUT2D eigenvalue weighted by molar-refractivity contribution is 5.79. The van der Waals surface area contributed by atoms with E-state index in [1.165, 1.54) is 25.7 Å². The average Bonchev–Trinajstić information content (AvgIpc) is 2.91. The van der Waals surface area contributed by atoms with Gasteiger partial charge in [0.05, 0.1) is 6.04 Å². The van der Waals surface area contributed by atoms with E-state index in [0.717, 1.165) is 32.0 Å². The third-order valence-electron chi connectivity index (χ3n) is 4.11. The second-order valence-corrected chi connectivity index (χ2v) is 5.44. The molecule has 1 atom stereocenters. The third kappa shape index (κ3) is 3.85. The number of nitrogens with one attached hydrogen (secondary N) is 2. The fraction of sp³-hybridized carbons (Fsp3) is 0.923. The standard InChI is InChI=1S/C13H26N4O/c1-10(11-6-8-18-9-7-11)15-13(17-14)16-12-4-2-3-5-12/h10-12H,2-9,14H2,1H3,(H2,15,16,17). The van der Waals surface area contributed by atoms with Crippen LogP contribution in [0.4, 0.5) is 0 Å². The summed E-state index contributed by atoms with van der Waals surface area (Å²) in [5.74, 6) is 6.97. The maximum absolute atomic E-state index is 5.56. The van der Waals surface area contributed by atoms with Gasteiger partial charge < -0.3 is 10.1 Å². The van der Waals surface area contributed by atoms with E-state index in [2.05, 4.69) is 22.7 Å². The Morgan fingerprint density at radius 1 is 1.22 bits per heavy atom. The van der Waals surface area contributed by atoms with Crippen LogP contribution in [0.5, 0.6) is 0 Å². The van der Waals surface area contributed by atoms with Gasteiger partial charge in [-0.1, -0.05) is 12.8 Å². The summed E-state index contributed by atoms with van der Waals surface area (Å²) < 4.78 is 5.39. The van der Waals surface area contributed by atoms with Gasteiger partial charge in [0.25, 0.3) is 0 Å². The van der Waals surface area contributed by atoms with Gasteiger partial charge >= 0.3 is 0 Å². The SMILES string of the molecule is CC(NC(=NC1CCCC1)NN)C1CCOCC1. The van der Waals surface area contributed by atoms with Crippen LogP contribution in [0.1, 0.15) is 45.4 Å². The monoisotopic (exact) mass is 254 g/mol. The fourth-order valence-corrected chi connectivity index (χ4v) is 2.88. The van der Waals surface area contributed by atoms with Crippen molar-refractivity contribution in [3.8, 4) is 0 Å². The van der Waals surface area contributed by atoms with Crippen LogP contribution in [0.3, 0.4) is 0 Å². The van der Waals surface area contributed by atoms with E-state index in [1.54, 1.807) is 0 Å². The molecule has 1 aliphatic heterocycles. The van der Waals surface area contributed by atoms with Crippen molar-refractivity contribution in [1.82, 2.24) is 10.7 Å². The molecule has 0 aromatic carbocycles. The average molecular weight is 254 g/mol. The molecule has 0 spiro atoms. The quantitative estimate of drug-likeness (QED) is 0.306. The summed E-state index contributed by atoms with van der Waals surface area (Å²) in [5.41, 5.74) is 2.71. The highest BCUT2D eigenvalue weighted by atomic mass is 16.5. The zero-order valence-electron chi connectivity index (χ0n) is 11.3. The van der Waals surface area contributed by atoms with Crippen LogP contribution in [0.2, 0.25) is 0 Å². The van der Waals surface area contributed by atoms with Crippen LogP contribution < -0.4 is 16.6 Å². The third-order valence-corrected chi connectivity index (χ3v) is 4.11. The van der Waals surface area contributed by atoms with E-state index in [9.17, 15) is 0 Å². The number of aliphatic imine (C=N–C) groups is 1. The topological polar surface area (TPSA) is 71.7 Å². The van der Waals surface area contributed by atoms with Gasteiger partial charge in [-0.05, 0) is 38.5 Å². The fourth-order valence-electron chi connectivity index (χ4n) is 2.88. The molecule has 1 heterocycles. The molecule has 2 rings (SSSR count). The zero-order valence-corrected chi connectivity index (χ0v) is 11.3. The number of hydrazine groups is 1. The second kappa shape index (κ2) is 6.95. The highest BCUT2D eigenvalue weighted by Gasteiger charge is 2.22. The van der Waals surface area contributed by atoms with Crippen molar-refractivity contribution in [1.29, 1.82) is 0 Å². The van der Waals surface area contributed by atoms with Crippen molar-refractivity contribution in [3.63, 3.8) is 0 Å². The molecule has 2 fully saturated rings. The van der Waals surface area contributed by atoms with Crippen LogP contribution in [0.15, 0.2) is 4.99 Å². The van der Waals surface area contributed by atoms with Crippen molar-refractivity contribution < 1.29 is 4.74 Å². The highest BCUT2D eigenvalue weighted by Crippen LogP contribution is 2.21. The van der Waals surface area contributed by atoms with E-state index >= 15 is 0 Å². The number of ether oxygens (including phenoxy) is 1. The van der Waals surface area contributed by atoms with Crippen LogP contribution in [-0.2, 0) is 4.74 Å². The van der Waals surface area contributed by atoms with Crippen molar-refractivity contribution >= 4 is 5.96 Å². The summed E-state index contributed by atoms with van der Waals surface area (Å²) in [7, 11) is 0. The Bertz CT molecular complexity index is 270. The number of guanidine groups is 1. The first kappa shape index (κ1) is 13.6. The Morgan fingerprint density at radius 3 is 2.50 bits per heavy atom. The Kier molecular flexibility index (Phi) is 5.26. The molecular weight excluding hydrogens is 228 g/mol. The molecule has 0 aromatic heterocycles. The molecule has 0 bridgehead atoms. The largest absolute Gasteiger partial charge is 0.381 e. The van der Waals surface area contributed by atoms with E-state index < -0.39 is 0 Å². The van der Waals surface area contributed by atoms with Gasteiger partial charge in [0.15, 0.2) is 0 Å². The summed E-state index contributed by atoms with van der Waals surface area (Å²) in [6.07, 6.45) is 7.21. The summed E-state index contributed by atoms with van der Waals surface area (Å²) >= 11 is 0. The van der Waals surface area contributed by atoms with Crippen molar-refractivity contribution in [2.45, 2.75) is 57.5 Å². The number of rotatable bonds is 3. The lowest BCUT2D eigenvalue weighted by atomic mass is 9.93. The molecule has 4 N–H and O–H groups in total. The van der Waals surface area contributed by atoms with Gasteiger partial charge in [0.1, 0.15) is 0 Å². The molecule has 18 heavy (non-hydrogen) atoms. The molecule has 1 saturated heterocycles. The Labute approximate surface area is 110 Å². The Hall–Kier alpha value is -0.810. The number of nitrogens with two attached hydrogens (primary N) is 1. The minimum Gasteiger partial charge on any atom is -0.381 e. The molecule has 0 amide bonds. The van der Waals surface area contributed by atoms with Gasteiger partial charge in [-0.3, -0.25) is 5.43 Å². The van der Waals surface area contributed by atoms with Gasteiger partial charge in [-0.2, -0.15) is 0 Å². The summed E-state index contributed by atoms with van der Waals surface area (Å²) in [4.78, 5) is 4.67. The lowest BCUT2D eigenvalue weighted by Gasteiger charge is -2.29. The molecule has 0 aromatic rings. The molecule has 1 aliphatic carbocycles.